The number of allylic oxidation sites excluding steroid dienone is 1. The fourth-order valence-electron chi connectivity index (χ4n) is 2.31. The van der Waals surface area contributed by atoms with Gasteiger partial charge in [-0.15, -0.1) is 6.58 Å². The van der Waals surface area contributed by atoms with Gasteiger partial charge in [-0.05, 0) is 37.3 Å². The van der Waals surface area contributed by atoms with Gasteiger partial charge < -0.3 is 9.84 Å². The van der Waals surface area contributed by atoms with Gasteiger partial charge in [0.1, 0.15) is 5.75 Å². The minimum atomic E-state index is -0.261. The fraction of sp³-hybridized carbons (Fsp3) is 0.467. The summed E-state index contributed by atoms with van der Waals surface area (Å²) in [6.45, 7) is 4.32. The van der Waals surface area contributed by atoms with Gasteiger partial charge in [0, 0.05) is 5.92 Å². The first kappa shape index (κ1) is 12.2. The molecule has 0 saturated heterocycles. The molecule has 2 rings (SSSR count). The largest absolute Gasteiger partial charge is 0.493 e. The standard InChI is InChI=1S/C15H20O2/c1-2-3-4-8-14(16)13-10-12-7-5-6-9-15(12)17-11-13/h2,5-7,9,13-14,16H,1,3-4,8,10-11H2. The Morgan fingerprint density at radius 1 is 1.47 bits per heavy atom. The predicted octanol–water partition coefficient (Wildman–Crippen LogP) is 2.95. The van der Waals surface area contributed by atoms with Crippen LogP contribution >= 0.6 is 0 Å². The minimum absolute atomic E-state index is 0.231. The number of unbranched alkanes of at least 4 members (excludes halogenated alkanes) is 1. The van der Waals surface area contributed by atoms with Crippen LogP contribution in [0.5, 0.6) is 5.75 Å². The molecule has 0 amide bonds. The Balaban J connectivity index is 1.90. The fourth-order valence-corrected chi connectivity index (χ4v) is 2.31. The molecule has 0 fully saturated rings. The van der Waals surface area contributed by atoms with E-state index in [9.17, 15) is 5.11 Å². The van der Waals surface area contributed by atoms with Crippen molar-refractivity contribution in [3.05, 3.63) is 42.5 Å². The first-order valence-corrected chi connectivity index (χ1v) is 6.31. The van der Waals surface area contributed by atoms with E-state index in [4.69, 9.17) is 4.74 Å². The van der Waals surface area contributed by atoms with Crippen LogP contribution in [0.15, 0.2) is 36.9 Å². The van der Waals surface area contributed by atoms with Crippen molar-refractivity contribution in [2.24, 2.45) is 5.92 Å². The molecule has 1 aromatic rings. The summed E-state index contributed by atoms with van der Waals surface area (Å²) in [5.41, 5.74) is 1.21. The van der Waals surface area contributed by atoms with Crippen LogP contribution < -0.4 is 4.74 Å². The maximum atomic E-state index is 10.1. The van der Waals surface area contributed by atoms with Gasteiger partial charge in [-0.1, -0.05) is 24.3 Å². The topological polar surface area (TPSA) is 29.5 Å². The molecule has 0 aliphatic carbocycles. The highest BCUT2D eigenvalue weighted by atomic mass is 16.5. The van der Waals surface area contributed by atoms with Gasteiger partial charge in [0.15, 0.2) is 0 Å². The van der Waals surface area contributed by atoms with Crippen molar-refractivity contribution in [2.45, 2.75) is 31.8 Å². The zero-order chi connectivity index (χ0) is 12.1. The normalized spacial score (nSPS) is 20.2. The monoisotopic (exact) mass is 232 g/mol. The van der Waals surface area contributed by atoms with Crippen LogP contribution in [0.4, 0.5) is 0 Å². The Bertz CT molecular complexity index is 373. The van der Waals surface area contributed by atoms with E-state index >= 15 is 0 Å². The van der Waals surface area contributed by atoms with Crippen molar-refractivity contribution in [3.63, 3.8) is 0 Å². The number of ether oxygens (including phenoxy) is 1. The molecule has 2 heteroatoms. The molecule has 1 heterocycles. The Morgan fingerprint density at radius 2 is 2.29 bits per heavy atom. The van der Waals surface area contributed by atoms with Crippen molar-refractivity contribution in [2.75, 3.05) is 6.61 Å². The molecule has 0 aromatic heterocycles. The molecule has 1 N–H and O–H groups in total. The highest BCUT2D eigenvalue weighted by Crippen LogP contribution is 2.29. The molecule has 1 aliphatic heterocycles. The molecule has 92 valence electrons. The summed E-state index contributed by atoms with van der Waals surface area (Å²) in [4.78, 5) is 0. The van der Waals surface area contributed by atoms with E-state index in [2.05, 4.69) is 12.6 Å². The first-order valence-electron chi connectivity index (χ1n) is 6.31. The van der Waals surface area contributed by atoms with Gasteiger partial charge in [-0.3, -0.25) is 0 Å². The zero-order valence-electron chi connectivity index (χ0n) is 10.1. The number of fused-ring (bicyclic) bond motifs is 1. The van der Waals surface area contributed by atoms with Crippen LogP contribution in [0.1, 0.15) is 24.8 Å². The molecular weight excluding hydrogens is 212 g/mol. The van der Waals surface area contributed by atoms with Gasteiger partial charge in [0.05, 0.1) is 12.7 Å². The summed E-state index contributed by atoms with van der Waals surface area (Å²) in [7, 11) is 0. The molecule has 0 spiro atoms. The number of aliphatic hydroxyl groups excluding tert-OH is 1. The maximum absolute atomic E-state index is 10.1. The second-order valence-electron chi connectivity index (χ2n) is 4.67. The summed E-state index contributed by atoms with van der Waals surface area (Å²) in [6.07, 6.45) is 5.38. The van der Waals surface area contributed by atoms with Gasteiger partial charge >= 0.3 is 0 Å². The van der Waals surface area contributed by atoms with Crippen LogP contribution in [-0.2, 0) is 6.42 Å². The zero-order valence-corrected chi connectivity index (χ0v) is 10.1. The molecule has 1 aromatic carbocycles. The van der Waals surface area contributed by atoms with Crippen molar-refractivity contribution in [1.82, 2.24) is 0 Å². The van der Waals surface area contributed by atoms with E-state index in [1.165, 1.54) is 5.56 Å². The predicted molar refractivity (Wildman–Crippen MR) is 69.2 cm³/mol. The number of hydrogen-bond acceptors (Lipinski definition) is 2. The number of aliphatic hydroxyl groups is 1. The van der Waals surface area contributed by atoms with Crippen molar-refractivity contribution >= 4 is 0 Å². The summed E-state index contributed by atoms with van der Waals surface area (Å²) in [5.74, 6) is 1.21. The van der Waals surface area contributed by atoms with Crippen LogP contribution in [-0.4, -0.2) is 17.8 Å². The quantitative estimate of drug-likeness (QED) is 0.624. The SMILES string of the molecule is C=CCCCC(O)C1COc2ccccc2C1. The van der Waals surface area contributed by atoms with E-state index in [-0.39, 0.29) is 12.0 Å². The van der Waals surface area contributed by atoms with Gasteiger partial charge in [-0.2, -0.15) is 0 Å². The molecule has 0 bridgehead atoms. The number of benzene rings is 1. The van der Waals surface area contributed by atoms with Gasteiger partial charge in [0.2, 0.25) is 0 Å². The Hall–Kier alpha value is -1.28. The van der Waals surface area contributed by atoms with Crippen molar-refractivity contribution < 1.29 is 9.84 Å². The Morgan fingerprint density at radius 3 is 3.12 bits per heavy atom. The highest BCUT2D eigenvalue weighted by Gasteiger charge is 2.25. The lowest BCUT2D eigenvalue weighted by atomic mass is 9.89. The lowest BCUT2D eigenvalue weighted by molar-refractivity contribution is 0.0575. The van der Waals surface area contributed by atoms with Crippen molar-refractivity contribution in [1.29, 1.82) is 0 Å². The Kier molecular flexibility index (Phi) is 4.21. The lowest BCUT2D eigenvalue weighted by Gasteiger charge is -2.28. The minimum Gasteiger partial charge on any atom is -0.493 e. The smallest absolute Gasteiger partial charge is 0.122 e. The Labute approximate surface area is 103 Å². The van der Waals surface area contributed by atoms with Crippen LogP contribution in [0.2, 0.25) is 0 Å². The first-order chi connectivity index (χ1) is 8.31. The molecule has 2 unspecified atom stereocenters. The average molecular weight is 232 g/mol. The third kappa shape index (κ3) is 3.10. The van der Waals surface area contributed by atoms with Crippen LogP contribution in [0.3, 0.4) is 0 Å². The lowest BCUT2D eigenvalue weighted by Crippen LogP contribution is -2.31. The summed E-state index contributed by atoms with van der Waals surface area (Å²) < 4.78 is 5.68. The number of rotatable bonds is 5. The van der Waals surface area contributed by atoms with Crippen molar-refractivity contribution in [3.8, 4) is 5.75 Å². The van der Waals surface area contributed by atoms with E-state index in [0.29, 0.717) is 6.61 Å². The summed E-state index contributed by atoms with van der Waals surface area (Å²) in [5, 5.41) is 10.1. The van der Waals surface area contributed by atoms with Gasteiger partial charge in [0.25, 0.3) is 0 Å². The molecular formula is C15H20O2. The van der Waals surface area contributed by atoms with Crippen LogP contribution in [0.25, 0.3) is 0 Å². The molecule has 0 saturated carbocycles. The second kappa shape index (κ2) is 5.87. The molecule has 0 radical (unpaired) electrons. The maximum Gasteiger partial charge on any atom is 0.122 e. The third-order valence-electron chi connectivity index (χ3n) is 3.36. The number of hydrogen-bond donors (Lipinski definition) is 1. The average Bonchev–Trinajstić information content (AvgIpc) is 2.38. The van der Waals surface area contributed by atoms with E-state index in [1.54, 1.807) is 0 Å². The van der Waals surface area contributed by atoms with E-state index in [1.807, 2.05) is 24.3 Å². The molecule has 1 aliphatic rings. The molecule has 2 nitrogen and oxygen atoms in total. The highest BCUT2D eigenvalue weighted by molar-refractivity contribution is 5.35. The van der Waals surface area contributed by atoms with E-state index < -0.39 is 0 Å². The van der Waals surface area contributed by atoms with Crippen LogP contribution in [0, 0.1) is 5.92 Å². The second-order valence-corrected chi connectivity index (χ2v) is 4.67. The van der Waals surface area contributed by atoms with Gasteiger partial charge in [-0.25, -0.2) is 0 Å². The summed E-state index contributed by atoms with van der Waals surface area (Å²) >= 11 is 0. The van der Waals surface area contributed by atoms with E-state index in [0.717, 1.165) is 31.4 Å². The summed E-state index contributed by atoms with van der Waals surface area (Å²) in [6, 6.07) is 8.09. The molecule has 17 heavy (non-hydrogen) atoms. The molecule has 2 atom stereocenters. The number of para-hydroxylation sites is 1. The third-order valence-corrected chi connectivity index (χ3v) is 3.36.